The van der Waals surface area contributed by atoms with Crippen molar-refractivity contribution >= 4 is 11.2 Å². The maximum atomic E-state index is 5.52. The molecular formula is C17H20N4O3. The van der Waals surface area contributed by atoms with Crippen LogP contribution in [0.15, 0.2) is 31.0 Å². The quantitative estimate of drug-likeness (QED) is 0.663. The molecule has 0 unspecified atom stereocenters. The molecule has 0 atom stereocenters. The van der Waals surface area contributed by atoms with Crippen LogP contribution in [0.4, 0.5) is 0 Å². The smallest absolute Gasteiger partial charge is 0.203 e. The summed E-state index contributed by atoms with van der Waals surface area (Å²) in [7, 11) is 4.87. The lowest BCUT2D eigenvalue weighted by molar-refractivity contribution is 0.322. The van der Waals surface area contributed by atoms with Crippen LogP contribution in [0.25, 0.3) is 11.2 Å². The summed E-state index contributed by atoms with van der Waals surface area (Å²) >= 11 is 0. The molecule has 24 heavy (non-hydrogen) atoms. The minimum absolute atomic E-state index is 0.624. The van der Waals surface area contributed by atoms with Gasteiger partial charge in [0, 0.05) is 6.54 Å². The zero-order chi connectivity index (χ0) is 16.9. The van der Waals surface area contributed by atoms with Gasteiger partial charge in [-0.1, -0.05) is 6.07 Å². The lowest BCUT2D eigenvalue weighted by Gasteiger charge is -2.15. The number of hydrogen-bond donors (Lipinski definition) is 0. The summed E-state index contributed by atoms with van der Waals surface area (Å²) in [4.78, 5) is 12.5. The van der Waals surface area contributed by atoms with Gasteiger partial charge in [-0.3, -0.25) is 0 Å². The van der Waals surface area contributed by atoms with Gasteiger partial charge in [-0.05, 0) is 24.5 Å². The van der Waals surface area contributed by atoms with Crippen molar-refractivity contribution in [1.29, 1.82) is 0 Å². The SMILES string of the molecule is COc1ccc(CCCn2cnc3ncncc32)c(OC)c1OC. The second kappa shape index (κ2) is 7.16. The largest absolute Gasteiger partial charge is 0.493 e. The Kier molecular flexibility index (Phi) is 4.79. The zero-order valence-corrected chi connectivity index (χ0v) is 14.0. The van der Waals surface area contributed by atoms with E-state index in [0.29, 0.717) is 17.1 Å². The molecule has 3 aromatic rings. The van der Waals surface area contributed by atoms with Crippen LogP contribution in [0.5, 0.6) is 17.2 Å². The van der Waals surface area contributed by atoms with E-state index in [9.17, 15) is 0 Å². The van der Waals surface area contributed by atoms with Crippen molar-refractivity contribution in [2.24, 2.45) is 0 Å². The van der Waals surface area contributed by atoms with E-state index in [2.05, 4.69) is 19.5 Å². The van der Waals surface area contributed by atoms with Crippen molar-refractivity contribution < 1.29 is 14.2 Å². The molecule has 0 aliphatic rings. The van der Waals surface area contributed by atoms with Gasteiger partial charge in [0.15, 0.2) is 17.1 Å². The van der Waals surface area contributed by atoms with Crippen molar-refractivity contribution in [1.82, 2.24) is 19.5 Å². The Morgan fingerprint density at radius 1 is 1.00 bits per heavy atom. The van der Waals surface area contributed by atoms with Crippen LogP contribution >= 0.6 is 0 Å². The summed E-state index contributed by atoms with van der Waals surface area (Å²) in [5.41, 5.74) is 2.74. The van der Waals surface area contributed by atoms with Crippen LogP contribution in [0.2, 0.25) is 0 Å². The highest BCUT2D eigenvalue weighted by molar-refractivity contribution is 5.68. The summed E-state index contributed by atoms with van der Waals surface area (Å²) in [6.07, 6.45) is 6.86. The highest BCUT2D eigenvalue weighted by Gasteiger charge is 2.15. The summed E-state index contributed by atoms with van der Waals surface area (Å²) < 4.78 is 18.3. The standard InChI is InChI=1S/C17H20N4O3/c1-22-14-7-6-12(15(23-2)16(14)24-3)5-4-8-21-11-20-17-13(21)9-18-10-19-17/h6-7,9-11H,4-5,8H2,1-3H3. The Labute approximate surface area is 140 Å². The molecule has 3 rings (SSSR count). The molecular weight excluding hydrogens is 308 g/mol. The number of methoxy groups -OCH3 is 3. The fourth-order valence-electron chi connectivity index (χ4n) is 2.78. The van der Waals surface area contributed by atoms with E-state index in [0.717, 1.165) is 36.2 Å². The van der Waals surface area contributed by atoms with Crippen LogP contribution in [0.1, 0.15) is 12.0 Å². The minimum Gasteiger partial charge on any atom is -0.493 e. The molecule has 2 heterocycles. The molecule has 0 aliphatic heterocycles. The predicted molar refractivity (Wildman–Crippen MR) is 89.7 cm³/mol. The van der Waals surface area contributed by atoms with E-state index < -0.39 is 0 Å². The molecule has 126 valence electrons. The number of rotatable bonds is 7. The first-order valence-electron chi connectivity index (χ1n) is 7.67. The minimum atomic E-state index is 0.624. The predicted octanol–water partition coefficient (Wildman–Crippen LogP) is 2.48. The van der Waals surface area contributed by atoms with E-state index in [1.165, 1.54) is 6.33 Å². The van der Waals surface area contributed by atoms with Gasteiger partial charge < -0.3 is 18.8 Å². The lowest BCUT2D eigenvalue weighted by atomic mass is 10.1. The molecule has 2 aromatic heterocycles. The van der Waals surface area contributed by atoms with E-state index in [1.807, 2.05) is 12.1 Å². The van der Waals surface area contributed by atoms with Crippen LogP contribution < -0.4 is 14.2 Å². The van der Waals surface area contributed by atoms with Gasteiger partial charge >= 0.3 is 0 Å². The molecule has 0 amide bonds. The van der Waals surface area contributed by atoms with Gasteiger partial charge in [0.1, 0.15) is 11.8 Å². The number of aromatic nitrogens is 4. The Balaban J connectivity index is 1.75. The van der Waals surface area contributed by atoms with Gasteiger partial charge in [-0.15, -0.1) is 0 Å². The molecule has 0 fully saturated rings. The number of ether oxygens (including phenoxy) is 3. The average Bonchev–Trinajstić information content (AvgIpc) is 3.04. The van der Waals surface area contributed by atoms with Gasteiger partial charge in [0.2, 0.25) is 5.75 Å². The molecule has 0 bridgehead atoms. The highest BCUT2D eigenvalue weighted by atomic mass is 16.5. The molecule has 7 nitrogen and oxygen atoms in total. The first-order valence-corrected chi connectivity index (χ1v) is 7.67. The van der Waals surface area contributed by atoms with Crippen molar-refractivity contribution in [3.05, 3.63) is 36.5 Å². The number of fused-ring (bicyclic) bond motifs is 1. The van der Waals surface area contributed by atoms with Crippen molar-refractivity contribution in [2.75, 3.05) is 21.3 Å². The first-order chi connectivity index (χ1) is 11.8. The monoisotopic (exact) mass is 328 g/mol. The van der Waals surface area contributed by atoms with Crippen molar-refractivity contribution in [3.8, 4) is 17.2 Å². The number of aryl methyl sites for hydroxylation is 2. The topological polar surface area (TPSA) is 71.3 Å². The van der Waals surface area contributed by atoms with Crippen LogP contribution in [-0.4, -0.2) is 40.8 Å². The second-order valence-electron chi connectivity index (χ2n) is 5.27. The van der Waals surface area contributed by atoms with Gasteiger partial charge in [-0.2, -0.15) is 0 Å². The van der Waals surface area contributed by atoms with Gasteiger partial charge in [-0.25, -0.2) is 15.0 Å². The summed E-state index contributed by atoms with van der Waals surface area (Å²) in [6.45, 7) is 0.821. The van der Waals surface area contributed by atoms with Crippen LogP contribution in [0.3, 0.4) is 0 Å². The molecule has 1 aromatic carbocycles. The first kappa shape index (κ1) is 16.0. The fourth-order valence-corrected chi connectivity index (χ4v) is 2.78. The van der Waals surface area contributed by atoms with Crippen molar-refractivity contribution in [3.63, 3.8) is 0 Å². The third kappa shape index (κ3) is 2.97. The summed E-state index contributed by atoms with van der Waals surface area (Å²) in [6, 6.07) is 3.91. The Bertz CT molecular complexity index is 832. The fraction of sp³-hybridized carbons (Fsp3) is 0.353. The number of nitrogens with zero attached hydrogens (tertiary/aromatic N) is 4. The number of imidazole rings is 1. The molecule has 0 spiro atoms. The molecule has 0 radical (unpaired) electrons. The Morgan fingerprint density at radius 2 is 1.83 bits per heavy atom. The Morgan fingerprint density at radius 3 is 2.58 bits per heavy atom. The number of benzene rings is 1. The molecule has 0 saturated heterocycles. The number of hydrogen-bond acceptors (Lipinski definition) is 6. The molecule has 7 heteroatoms. The molecule has 0 saturated carbocycles. The van der Waals surface area contributed by atoms with Crippen molar-refractivity contribution in [2.45, 2.75) is 19.4 Å². The zero-order valence-electron chi connectivity index (χ0n) is 14.0. The maximum Gasteiger partial charge on any atom is 0.203 e. The van der Waals surface area contributed by atoms with E-state index in [4.69, 9.17) is 14.2 Å². The Hall–Kier alpha value is -2.83. The lowest BCUT2D eigenvalue weighted by Crippen LogP contribution is -2.02. The van der Waals surface area contributed by atoms with E-state index in [1.54, 1.807) is 33.9 Å². The van der Waals surface area contributed by atoms with Gasteiger partial charge in [0.05, 0.1) is 33.9 Å². The third-order valence-corrected chi connectivity index (χ3v) is 3.93. The van der Waals surface area contributed by atoms with Gasteiger partial charge in [0.25, 0.3) is 0 Å². The van der Waals surface area contributed by atoms with E-state index in [-0.39, 0.29) is 0 Å². The third-order valence-electron chi connectivity index (χ3n) is 3.93. The second-order valence-corrected chi connectivity index (χ2v) is 5.27. The summed E-state index contributed by atoms with van der Waals surface area (Å²) in [5, 5.41) is 0. The van der Waals surface area contributed by atoms with Crippen LogP contribution in [0, 0.1) is 0 Å². The van der Waals surface area contributed by atoms with Crippen LogP contribution in [-0.2, 0) is 13.0 Å². The summed E-state index contributed by atoms with van der Waals surface area (Å²) in [5.74, 6) is 2.01. The average molecular weight is 328 g/mol. The normalized spacial score (nSPS) is 10.8. The highest BCUT2D eigenvalue weighted by Crippen LogP contribution is 2.40. The molecule has 0 aliphatic carbocycles. The van der Waals surface area contributed by atoms with E-state index >= 15 is 0 Å². The molecule has 0 N–H and O–H groups in total. The maximum absolute atomic E-state index is 5.52.